The van der Waals surface area contributed by atoms with Crippen LogP contribution in [0.5, 0.6) is 5.75 Å². The number of rotatable bonds is 5. The monoisotopic (exact) mass is 326 g/mol. The van der Waals surface area contributed by atoms with E-state index in [1.807, 2.05) is 6.07 Å². The fourth-order valence-corrected chi connectivity index (χ4v) is 2.68. The molecule has 0 radical (unpaired) electrons. The van der Waals surface area contributed by atoms with Crippen molar-refractivity contribution in [2.75, 3.05) is 19.7 Å². The first-order valence-corrected chi connectivity index (χ1v) is 7.77. The van der Waals surface area contributed by atoms with Crippen LogP contribution in [0.4, 0.5) is 0 Å². The lowest BCUT2D eigenvalue weighted by Crippen LogP contribution is -2.45. The van der Waals surface area contributed by atoms with E-state index in [9.17, 15) is 4.79 Å². The van der Waals surface area contributed by atoms with E-state index in [1.165, 1.54) is 11.1 Å². The highest BCUT2D eigenvalue weighted by molar-refractivity contribution is 5.85. The maximum absolute atomic E-state index is 11.9. The number of aryl methyl sites for hydroxylation is 2. The second kappa shape index (κ2) is 9.01. The van der Waals surface area contributed by atoms with Gasteiger partial charge in [-0.1, -0.05) is 6.07 Å². The first-order valence-electron chi connectivity index (χ1n) is 7.77. The van der Waals surface area contributed by atoms with Gasteiger partial charge in [0.2, 0.25) is 5.91 Å². The van der Waals surface area contributed by atoms with Crippen LogP contribution in [-0.4, -0.2) is 31.6 Å². The van der Waals surface area contributed by atoms with Crippen molar-refractivity contribution in [3.8, 4) is 5.75 Å². The SMILES string of the molecule is Cc1cc(C)c(C)c(OCCC(=O)N[C@H]2CCCNC2)c1.Cl. The Labute approximate surface area is 139 Å². The highest BCUT2D eigenvalue weighted by Crippen LogP contribution is 2.23. The van der Waals surface area contributed by atoms with Crippen molar-refractivity contribution in [1.82, 2.24) is 10.6 Å². The zero-order valence-electron chi connectivity index (χ0n) is 13.7. The van der Waals surface area contributed by atoms with Gasteiger partial charge < -0.3 is 15.4 Å². The third kappa shape index (κ3) is 5.50. The van der Waals surface area contributed by atoms with Gasteiger partial charge in [0.1, 0.15) is 5.75 Å². The number of halogens is 1. The second-order valence-electron chi connectivity index (χ2n) is 5.91. The van der Waals surface area contributed by atoms with Crippen molar-refractivity contribution in [1.29, 1.82) is 0 Å². The summed E-state index contributed by atoms with van der Waals surface area (Å²) in [6.45, 7) is 8.55. The summed E-state index contributed by atoms with van der Waals surface area (Å²) < 4.78 is 5.78. The average molecular weight is 327 g/mol. The van der Waals surface area contributed by atoms with Gasteiger partial charge >= 0.3 is 0 Å². The molecule has 1 saturated heterocycles. The summed E-state index contributed by atoms with van der Waals surface area (Å²) in [5, 5.41) is 6.36. The Morgan fingerprint density at radius 1 is 1.36 bits per heavy atom. The first kappa shape index (κ1) is 18.8. The minimum absolute atomic E-state index is 0. The van der Waals surface area contributed by atoms with Crippen molar-refractivity contribution in [2.24, 2.45) is 0 Å². The van der Waals surface area contributed by atoms with E-state index in [-0.39, 0.29) is 24.4 Å². The Morgan fingerprint density at radius 2 is 2.14 bits per heavy atom. The van der Waals surface area contributed by atoms with Gasteiger partial charge in [-0.3, -0.25) is 4.79 Å². The summed E-state index contributed by atoms with van der Waals surface area (Å²) in [5.41, 5.74) is 3.56. The largest absolute Gasteiger partial charge is 0.493 e. The molecule has 2 rings (SSSR count). The van der Waals surface area contributed by atoms with E-state index in [2.05, 4.69) is 37.5 Å². The van der Waals surface area contributed by atoms with Crippen molar-refractivity contribution >= 4 is 18.3 Å². The van der Waals surface area contributed by atoms with E-state index in [1.54, 1.807) is 0 Å². The third-order valence-corrected chi connectivity index (χ3v) is 4.01. The van der Waals surface area contributed by atoms with Crippen molar-refractivity contribution in [2.45, 2.75) is 46.1 Å². The summed E-state index contributed by atoms with van der Waals surface area (Å²) in [6.07, 6.45) is 2.60. The van der Waals surface area contributed by atoms with Crippen molar-refractivity contribution in [3.05, 3.63) is 28.8 Å². The van der Waals surface area contributed by atoms with Crippen molar-refractivity contribution < 1.29 is 9.53 Å². The molecule has 1 atom stereocenters. The zero-order chi connectivity index (χ0) is 15.2. The maximum Gasteiger partial charge on any atom is 0.223 e. The Kier molecular flexibility index (Phi) is 7.69. The lowest BCUT2D eigenvalue weighted by Gasteiger charge is -2.23. The summed E-state index contributed by atoms with van der Waals surface area (Å²) in [6, 6.07) is 4.45. The van der Waals surface area contributed by atoms with Crippen LogP contribution in [0, 0.1) is 20.8 Å². The van der Waals surface area contributed by atoms with E-state index in [4.69, 9.17) is 4.74 Å². The van der Waals surface area contributed by atoms with Gasteiger partial charge in [0.25, 0.3) is 0 Å². The Morgan fingerprint density at radius 3 is 2.82 bits per heavy atom. The summed E-state index contributed by atoms with van der Waals surface area (Å²) in [5.74, 6) is 0.963. The number of nitrogens with one attached hydrogen (secondary N) is 2. The number of carbonyl (C=O) groups is 1. The molecule has 0 bridgehead atoms. The van der Waals surface area contributed by atoms with E-state index in [0.29, 0.717) is 13.0 Å². The average Bonchev–Trinajstić information content (AvgIpc) is 2.45. The highest BCUT2D eigenvalue weighted by Gasteiger charge is 2.15. The molecule has 1 aliphatic heterocycles. The minimum atomic E-state index is 0. The molecule has 0 spiro atoms. The molecule has 1 heterocycles. The Balaban J connectivity index is 0.00000242. The van der Waals surface area contributed by atoms with Gasteiger partial charge in [-0.05, 0) is 62.9 Å². The molecule has 4 nitrogen and oxygen atoms in total. The molecule has 1 aromatic rings. The number of hydrogen-bond donors (Lipinski definition) is 2. The number of carbonyl (C=O) groups excluding carboxylic acids is 1. The fraction of sp³-hybridized carbons (Fsp3) is 0.588. The molecular formula is C17H27ClN2O2. The van der Waals surface area contributed by atoms with Gasteiger partial charge in [0.15, 0.2) is 0 Å². The first-order chi connectivity index (χ1) is 10.1. The number of amides is 1. The molecule has 124 valence electrons. The summed E-state index contributed by atoms with van der Waals surface area (Å²) >= 11 is 0. The molecule has 1 fully saturated rings. The maximum atomic E-state index is 11.9. The third-order valence-electron chi connectivity index (χ3n) is 4.01. The molecular weight excluding hydrogens is 300 g/mol. The molecule has 0 saturated carbocycles. The van der Waals surface area contributed by atoms with Crippen LogP contribution < -0.4 is 15.4 Å². The van der Waals surface area contributed by atoms with Crippen LogP contribution in [0.1, 0.15) is 36.0 Å². The fourth-order valence-electron chi connectivity index (χ4n) is 2.68. The van der Waals surface area contributed by atoms with Gasteiger partial charge in [0, 0.05) is 12.6 Å². The van der Waals surface area contributed by atoms with Crippen LogP contribution >= 0.6 is 12.4 Å². The van der Waals surface area contributed by atoms with E-state index < -0.39 is 0 Å². The normalized spacial score (nSPS) is 17.5. The number of hydrogen-bond acceptors (Lipinski definition) is 3. The van der Waals surface area contributed by atoms with E-state index >= 15 is 0 Å². The topological polar surface area (TPSA) is 50.4 Å². The molecule has 1 aromatic carbocycles. The quantitative estimate of drug-likeness (QED) is 0.874. The lowest BCUT2D eigenvalue weighted by atomic mass is 10.1. The number of ether oxygens (including phenoxy) is 1. The molecule has 0 aliphatic carbocycles. The molecule has 5 heteroatoms. The van der Waals surface area contributed by atoms with Gasteiger partial charge in [0.05, 0.1) is 13.0 Å². The number of piperidine rings is 1. The zero-order valence-corrected chi connectivity index (χ0v) is 14.5. The molecule has 1 amide bonds. The molecule has 22 heavy (non-hydrogen) atoms. The van der Waals surface area contributed by atoms with Gasteiger partial charge in [-0.2, -0.15) is 0 Å². The smallest absolute Gasteiger partial charge is 0.223 e. The van der Waals surface area contributed by atoms with Crippen LogP contribution in [0.25, 0.3) is 0 Å². The predicted octanol–water partition coefficient (Wildman–Crippen LogP) is 2.67. The number of benzene rings is 1. The predicted molar refractivity (Wildman–Crippen MR) is 92.0 cm³/mol. The van der Waals surface area contributed by atoms with Crippen LogP contribution in [0.15, 0.2) is 12.1 Å². The molecule has 2 N–H and O–H groups in total. The second-order valence-corrected chi connectivity index (χ2v) is 5.91. The summed E-state index contributed by atoms with van der Waals surface area (Å²) in [4.78, 5) is 11.9. The van der Waals surface area contributed by atoms with E-state index in [0.717, 1.165) is 37.2 Å². The minimum Gasteiger partial charge on any atom is -0.493 e. The van der Waals surface area contributed by atoms with Crippen LogP contribution in [0.2, 0.25) is 0 Å². The lowest BCUT2D eigenvalue weighted by molar-refractivity contribution is -0.122. The standard InChI is InChI=1S/C17H26N2O2.ClH/c1-12-9-13(2)14(3)16(10-12)21-8-6-17(20)19-15-5-4-7-18-11-15;/h9-10,15,18H,4-8,11H2,1-3H3,(H,19,20);1H/t15-;/m0./s1. The Hall–Kier alpha value is -1.26. The molecule has 0 unspecified atom stereocenters. The molecule has 1 aliphatic rings. The Bertz CT molecular complexity index is 500. The van der Waals surface area contributed by atoms with Gasteiger partial charge in [-0.15, -0.1) is 12.4 Å². The van der Waals surface area contributed by atoms with Gasteiger partial charge in [-0.25, -0.2) is 0 Å². The van der Waals surface area contributed by atoms with Crippen LogP contribution in [-0.2, 0) is 4.79 Å². The molecule has 0 aromatic heterocycles. The van der Waals surface area contributed by atoms with Crippen molar-refractivity contribution in [3.63, 3.8) is 0 Å². The van der Waals surface area contributed by atoms with Crippen LogP contribution in [0.3, 0.4) is 0 Å². The highest BCUT2D eigenvalue weighted by atomic mass is 35.5. The summed E-state index contributed by atoms with van der Waals surface area (Å²) in [7, 11) is 0.